The highest BCUT2D eigenvalue weighted by Gasteiger charge is 2.30. The monoisotopic (exact) mass is 329 g/mol. The molecule has 0 bridgehead atoms. The molecule has 7 heteroatoms. The Labute approximate surface area is 129 Å². The SMILES string of the molecule is CC(C)(C)C1=CCN(S(=O)(=O)c2ccc(C(=O)O)s2)CC1. The lowest BCUT2D eigenvalue weighted by Gasteiger charge is -2.31. The van der Waals surface area contributed by atoms with Gasteiger partial charge in [0.1, 0.15) is 9.09 Å². The Morgan fingerprint density at radius 2 is 2.00 bits per heavy atom. The quantitative estimate of drug-likeness (QED) is 0.865. The predicted molar refractivity (Wildman–Crippen MR) is 82.2 cm³/mol. The van der Waals surface area contributed by atoms with Crippen molar-refractivity contribution >= 4 is 27.3 Å². The van der Waals surface area contributed by atoms with Crippen LogP contribution in [0.25, 0.3) is 0 Å². The average molecular weight is 329 g/mol. The van der Waals surface area contributed by atoms with E-state index in [2.05, 4.69) is 20.8 Å². The third-order valence-corrected chi connectivity index (χ3v) is 6.93. The number of carbonyl (C=O) groups is 1. The number of rotatable bonds is 3. The molecule has 0 atom stereocenters. The van der Waals surface area contributed by atoms with Crippen LogP contribution in [-0.4, -0.2) is 36.9 Å². The second-order valence-electron chi connectivity index (χ2n) is 6.02. The van der Waals surface area contributed by atoms with Gasteiger partial charge >= 0.3 is 5.97 Å². The molecule has 1 aliphatic rings. The molecule has 1 aliphatic heterocycles. The van der Waals surface area contributed by atoms with Gasteiger partial charge < -0.3 is 5.11 Å². The molecule has 5 nitrogen and oxygen atoms in total. The van der Waals surface area contributed by atoms with Crippen LogP contribution in [0, 0.1) is 5.41 Å². The lowest BCUT2D eigenvalue weighted by molar-refractivity contribution is 0.0702. The smallest absolute Gasteiger partial charge is 0.345 e. The van der Waals surface area contributed by atoms with Crippen LogP contribution in [0.4, 0.5) is 0 Å². The van der Waals surface area contributed by atoms with Crippen molar-refractivity contribution in [3.63, 3.8) is 0 Å². The molecule has 21 heavy (non-hydrogen) atoms. The van der Waals surface area contributed by atoms with Crippen molar-refractivity contribution in [2.24, 2.45) is 5.41 Å². The zero-order chi connectivity index (χ0) is 15.8. The van der Waals surface area contributed by atoms with Crippen LogP contribution in [0.1, 0.15) is 36.9 Å². The number of nitrogens with zero attached hydrogens (tertiary/aromatic N) is 1. The fourth-order valence-electron chi connectivity index (χ4n) is 2.25. The van der Waals surface area contributed by atoms with Crippen molar-refractivity contribution in [3.8, 4) is 0 Å². The second kappa shape index (κ2) is 5.55. The van der Waals surface area contributed by atoms with Crippen molar-refractivity contribution in [2.45, 2.75) is 31.4 Å². The van der Waals surface area contributed by atoms with Crippen LogP contribution >= 0.6 is 11.3 Å². The summed E-state index contributed by atoms with van der Waals surface area (Å²) in [5.74, 6) is -1.10. The fourth-order valence-corrected chi connectivity index (χ4v) is 4.93. The van der Waals surface area contributed by atoms with Crippen molar-refractivity contribution < 1.29 is 18.3 Å². The molecule has 1 aromatic rings. The minimum Gasteiger partial charge on any atom is -0.477 e. The zero-order valence-electron chi connectivity index (χ0n) is 12.3. The van der Waals surface area contributed by atoms with E-state index in [9.17, 15) is 13.2 Å². The lowest BCUT2D eigenvalue weighted by atomic mass is 9.83. The molecule has 0 unspecified atom stereocenters. The summed E-state index contributed by atoms with van der Waals surface area (Å²) in [6.07, 6.45) is 2.67. The molecule has 0 saturated heterocycles. The zero-order valence-corrected chi connectivity index (χ0v) is 13.9. The van der Waals surface area contributed by atoms with Crippen LogP contribution in [-0.2, 0) is 10.0 Å². The molecule has 0 fully saturated rings. The summed E-state index contributed by atoms with van der Waals surface area (Å²) in [5, 5.41) is 8.89. The maximum Gasteiger partial charge on any atom is 0.345 e. The number of hydrogen-bond donors (Lipinski definition) is 1. The van der Waals surface area contributed by atoms with Gasteiger partial charge in [-0.05, 0) is 24.0 Å². The Morgan fingerprint density at radius 3 is 2.43 bits per heavy atom. The second-order valence-corrected chi connectivity index (χ2v) is 9.26. The predicted octanol–water partition coefficient (Wildman–Crippen LogP) is 2.81. The summed E-state index contributed by atoms with van der Waals surface area (Å²) in [5.41, 5.74) is 1.31. The van der Waals surface area contributed by atoms with Crippen LogP contribution in [0.15, 0.2) is 28.0 Å². The van der Waals surface area contributed by atoms with E-state index >= 15 is 0 Å². The van der Waals surface area contributed by atoms with Crippen molar-refractivity contribution in [1.82, 2.24) is 4.31 Å². The number of sulfonamides is 1. The molecule has 0 radical (unpaired) electrons. The van der Waals surface area contributed by atoms with Crippen molar-refractivity contribution in [2.75, 3.05) is 13.1 Å². The minimum atomic E-state index is -3.60. The van der Waals surface area contributed by atoms with Crippen LogP contribution in [0.3, 0.4) is 0 Å². The number of carboxylic acids is 1. The van der Waals surface area contributed by atoms with E-state index in [-0.39, 0.29) is 14.5 Å². The Bertz CT molecular complexity index is 680. The number of thiophene rings is 1. The highest BCUT2D eigenvalue weighted by molar-refractivity contribution is 7.91. The van der Waals surface area contributed by atoms with E-state index < -0.39 is 16.0 Å². The first kappa shape index (κ1) is 16.2. The summed E-state index contributed by atoms with van der Waals surface area (Å²) in [6.45, 7) is 7.12. The van der Waals surface area contributed by atoms with Crippen LogP contribution in [0.2, 0.25) is 0 Å². The molecule has 0 aromatic carbocycles. The lowest BCUT2D eigenvalue weighted by Crippen LogP contribution is -2.36. The third kappa shape index (κ3) is 3.36. The van der Waals surface area contributed by atoms with Gasteiger partial charge in [-0.1, -0.05) is 32.4 Å². The molecule has 0 saturated carbocycles. The van der Waals surface area contributed by atoms with Crippen molar-refractivity contribution in [1.29, 1.82) is 0 Å². The first-order chi connectivity index (χ1) is 9.62. The molecular weight excluding hydrogens is 310 g/mol. The molecule has 1 aromatic heterocycles. The highest BCUT2D eigenvalue weighted by atomic mass is 32.2. The topological polar surface area (TPSA) is 74.7 Å². The third-order valence-electron chi connectivity index (χ3n) is 3.52. The summed E-state index contributed by atoms with van der Waals surface area (Å²) in [6, 6.07) is 2.70. The Kier molecular flexibility index (Phi) is 4.28. The molecule has 1 N–H and O–H groups in total. The molecule has 2 heterocycles. The van der Waals surface area contributed by atoms with Gasteiger partial charge in [0.2, 0.25) is 0 Å². The minimum absolute atomic E-state index is 0.0384. The molecule has 0 amide bonds. The van der Waals surface area contributed by atoms with Gasteiger partial charge in [-0.2, -0.15) is 4.31 Å². The first-order valence-corrected chi connectivity index (χ1v) is 8.91. The van der Waals surface area contributed by atoms with Gasteiger partial charge in [0.15, 0.2) is 0 Å². The number of hydrogen-bond acceptors (Lipinski definition) is 4. The van der Waals surface area contributed by atoms with Crippen LogP contribution < -0.4 is 0 Å². The molecule has 0 spiro atoms. The van der Waals surface area contributed by atoms with Gasteiger partial charge in [-0.3, -0.25) is 0 Å². The van der Waals surface area contributed by atoms with Crippen molar-refractivity contribution in [3.05, 3.63) is 28.7 Å². The maximum atomic E-state index is 12.5. The highest BCUT2D eigenvalue weighted by Crippen LogP contribution is 2.32. The normalized spacial score (nSPS) is 17.6. The van der Waals surface area contributed by atoms with E-state index in [1.54, 1.807) is 0 Å². The summed E-state index contributed by atoms with van der Waals surface area (Å²) in [7, 11) is -3.60. The van der Waals surface area contributed by atoms with Gasteiger partial charge in [0.05, 0.1) is 0 Å². The number of aromatic carboxylic acids is 1. The van der Waals surface area contributed by atoms with Gasteiger partial charge in [0.25, 0.3) is 10.0 Å². The largest absolute Gasteiger partial charge is 0.477 e. The van der Waals surface area contributed by atoms with Crippen LogP contribution in [0.5, 0.6) is 0 Å². The first-order valence-electron chi connectivity index (χ1n) is 6.65. The molecule has 116 valence electrons. The van der Waals surface area contributed by atoms with Gasteiger partial charge in [-0.25, -0.2) is 13.2 Å². The summed E-state index contributed by atoms with van der Waals surface area (Å²) >= 11 is 0.798. The molecule has 2 rings (SSSR count). The maximum absolute atomic E-state index is 12.5. The number of carboxylic acid groups (broad SMARTS) is 1. The van der Waals surface area contributed by atoms with Gasteiger partial charge in [0, 0.05) is 13.1 Å². The summed E-state index contributed by atoms with van der Waals surface area (Å²) in [4.78, 5) is 10.9. The van der Waals surface area contributed by atoms with E-state index in [1.165, 1.54) is 22.0 Å². The Hall–Kier alpha value is -1.18. The molecular formula is C14H19NO4S2. The fraction of sp³-hybridized carbons (Fsp3) is 0.500. The standard InChI is InChI=1S/C14H19NO4S2/c1-14(2,3)10-6-8-15(9-7-10)21(18,19)12-5-4-11(20-12)13(16)17/h4-6H,7-9H2,1-3H3,(H,16,17). The van der Waals surface area contributed by atoms with E-state index in [0.29, 0.717) is 19.5 Å². The van der Waals surface area contributed by atoms with E-state index in [0.717, 1.165) is 11.3 Å². The Balaban J connectivity index is 2.22. The molecule has 0 aliphatic carbocycles. The Morgan fingerprint density at radius 1 is 1.33 bits per heavy atom. The van der Waals surface area contributed by atoms with E-state index in [1.807, 2.05) is 6.08 Å². The van der Waals surface area contributed by atoms with E-state index in [4.69, 9.17) is 5.11 Å². The average Bonchev–Trinajstić information content (AvgIpc) is 2.88. The van der Waals surface area contributed by atoms with Gasteiger partial charge in [-0.15, -0.1) is 11.3 Å². The summed E-state index contributed by atoms with van der Waals surface area (Å²) < 4.78 is 26.5.